The van der Waals surface area contributed by atoms with E-state index in [1.807, 2.05) is 32.8 Å². The monoisotopic (exact) mass is 491 g/mol. The summed E-state index contributed by atoms with van der Waals surface area (Å²) in [6.07, 6.45) is 0.844. The fraction of sp³-hybridized carbons (Fsp3) is 0.409. The number of likely N-dealkylation sites (N-methyl/N-ethyl adjacent to an activating group) is 1. The molecule has 0 radical (unpaired) electrons. The molecule has 0 aliphatic heterocycles. The fourth-order valence-electron chi connectivity index (χ4n) is 3.80. The number of non-ortho nitro benzene ring substituents is 1. The van der Waals surface area contributed by atoms with Crippen LogP contribution in [0.5, 0.6) is 5.75 Å². The maximum atomic E-state index is 13.7. The van der Waals surface area contributed by atoms with Crippen molar-refractivity contribution in [3.05, 3.63) is 44.6 Å². The van der Waals surface area contributed by atoms with Crippen molar-refractivity contribution in [3.63, 3.8) is 0 Å². The van der Waals surface area contributed by atoms with Crippen LogP contribution in [-0.4, -0.2) is 69.8 Å². The van der Waals surface area contributed by atoms with Crippen LogP contribution in [0.1, 0.15) is 13.8 Å². The summed E-state index contributed by atoms with van der Waals surface area (Å²) < 4.78 is 29.0. The van der Waals surface area contributed by atoms with Crippen molar-refractivity contribution in [1.29, 1.82) is 0 Å². The zero-order valence-electron chi connectivity index (χ0n) is 19.8. The zero-order chi connectivity index (χ0) is 25.2. The normalized spacial score (nSPS) is 11.8. The van der Waals surface area contributed by atoms with Crippen LogP contribution in [0, 0.1) is 10.1 Å². The van der Waals surface area contributed by atoms with Crippen molar-refractivity contribution < 1.29 is 17.5 Å². The van der Waals surface area contributed by atoms with Gasteiger partial charge in [0.1, 0.15) is 5.52 Å². The van der Waals surface area contributed by atoms with Gasteiger partial charge in [-0.15, -0.1) is 0 Å². The van der Waals surface area contributed by atoms with Crippen LogP contribution in [-0.2, 0) is 10.1 Å². The Hall–Kier alpha value is -3.38. The average molecular weight is 492 g/mol. The summed E-state index contributed by atoms with van der Waals surface area (Å²) >= 11 is 0. The number of H-pyrrole nitrogens is 1. The SMILES string of the molecule is CCN(CC)CCNc1c(OS(C)(=O)=O)cc([N+](=O)[O-])c2[nH]c3ccc(N(C)C)cc3c(=O)c12. The second kappa shape index (κ2) is 9.85. The van der Waals surface area contributed by atoms with Gasteiger partial charge in [-0.3, -0.25) is 14.9 Å². The van der Waals surface area contributed by atoms with Gasteiger partial charge in [-0.25, -0.2) is 0 Å². The molecule has 34 heavy (non-hydrogen) atoms. The summed E-state index contributed by atoms with van der Waals surface area (Å²) in [5.74, 6) is -0.296. The number of aromatic nitrogens is 1. The molecule has 0 atom stereocenters. The third-order valence-electron chi connectivity index (χ3n) is 5.58. The Labute approximate surface area is 197 Å². The lowest BCUT2D eigenvalue weighted by atomic mass is 10.1. The van der Waals surface area contributed by atoms with Gasteiger partial charge in [0.15, 0.2) is 11.2 Å². The Bertz CT molecular complexity index is 1400. The topological polar surface area (TPSA) is 138 Å². The third kappa shape index (κ3) is 5.23. The largest absolute Gasteiger partial charge is 0.380 e. The lowest BCUT2D eigenvalue weighted by molar-refractivity contribution is -0.383. The van der Waals surface area contributed by atoms with E-state index in [-0.39, 0.29) is 22.3 Å². The Kier molecular flexibility index (Phi) is 7.32. The molecular weight excluding hydrogens is 462 g/mol. The molecule has 3 aromatic rings. The van der Waals surface area contributed by atoms with Gasteiger partial charge in [0.05, 0.1) is 33.8 Å². The number of hydrogen-bond donors (Lipinski definition) is 2. The molecule has 0 aliphatic rings. The number of anilines is 2. The molecule has 0 unspecified atom stereocenters. The molecule has 0 spiro atoms. The first-order valence-electron chi connectivity index (χ1n) is 10.8. The smallest absolute Gasteiger partial charge is 0.306 e. The van der Waals surface area contributed by atoms with Crippen molar-refractivity contribution in [3.8, 4) is 5.75 Å². The van der Waals surface area contributed by atoms with Crippen molar-refractivity contribution in [2.75, 3.05) is 56.7 Å². The Morgan fingerprint density at radius 1 is 1.18 bits per heavy atom. The number of nitrogens with zero attached hydrogens (tertiary/aromatic N) is 3. The molecule has 2 aromatic carbocycles. The molecule has 0 aliphatic carbocycles. The number of aromatic amines is 1. The van der Waals surface area contributed by atoms with Crippen LogP contribution < -0.4 is 19.8 Å². The van der Waals surface area contributed by atoms with Crippen LogP contribution in [0.25, 0.3) is 21.8 Å². The first-order valence-corrected chi connectivity index (χ1v) is 12.6. The van der Waals surface area contributed by atoms with Gasteiger partial charge in [-0.2, -0.15) is 8.42 Å². The van der Waals surface area contributed by atoms with Crippen molar-refractivity contribution in [2.45, 2.75) is 13.8 Å². The van der Waals surface area contributed by atoms with Gasteiger partial charge < -0.3 is 24.3 Å². The fourth-order valence-corrected chi connectivity index (χ4v) is 4.26. The number of pyridine rings is 1. The molecule has 0 fully saturated rings. The highest BCUT2D eigenvalue weighted by Gasteiger charge is 2.26. The van der Waals surface area contributed by atoms with Crippen LogP contribution >= 0.6 is 0 Å². The van der Waals surface area contributed by atoms with E-state index in [0.29, 0.717) is 24.0 Å². The lowest BCUT2D eigenvalue weighted by Gasteiger charge is -2.20. The average Bonchev–Trinajstić information content (AvgIpc) is 2.76. The van der Waals surface area contributed by atoms with Crippen LogP contribution in [0.4, 0.5) is 17.1 Å². The van der Waals surface area contributed by atoms with E-state index >= 15 is 0 Å². The summed E-state index contributed by atoms with van der Waals surface area (Å²) in [5.41, 5.74) is 0.352. The van der Waals surface area contributed by atoms with Gasteiger partial charge in [0.25, 0.3) is 5.69 Å². The molecule has 1 heterocycles. The van der Waals surface area contributed by atoms with E-state index in [9.17, 15) is 23.3 Å². The molecule has 1 aromatic heterocycles. The maximum absolute atomic E-state index is 13.7. The molecule has 0 saturated carbocycles. The van der Waals surface area contributed by atoms with Crippen molar-refractivity contribution in [1.82, 2.24) is 9.88 Å². The number of nitrogens with one attached hydrogen (secondary N) is 2. The number of nitro groups is 1. The molecule has 184 valence electrons. The standard InChI is InChI=1S/C22H29N5O6S/c1-6-26(7-2)11-10-23-21-18(33-34(5,31)32)13-17(27(29)30)20-19(21)22(28)15-12-14(25(3)4)8-9-16(15)24-20/h8-9,12-13,23H,6-7,10-11H2,1-5H3,(H,24,28). The lowest BCUT2D eigenvalue weighted by Crippen LogP contribution is -2.29. The predicted octanol–water partition coefficient (Wildman–Crippen LogP) is 2.75. The second-order valence-electron chi connectivity index (χ2n) is 8.10. The van der Waals surface area contributed by atoms with E-state index in [4.69, 9.17) is 4.18 Å². The minimum atomic E-state index is -4.03. The van der Waals surface area contributed by atoms with Gasteiger partial charge in [0, 0.05) is 38.3 Å². The number of fused-ring (bicyclic) bond motifs is 2. The number of nitro benzene ring substituents is 1. The molecule has 3 rings (SSSR count). The predicted molar refractivity (Wildman–Crippen MR) is 135 cm³/mol. The zero-order valence-corrected chi connectivity index (χ0v) is 20.7. The highest BCUT2D eigenvalue weighted by atomic mass is 32.2. The minimum absolute atomic E-state index is 0.00806. The van der Waals surface area contributed by atoms with Crippen LogP contribution in [0.3, 0.4) is 0 Å². The molecule has 12 heteroatoms. The Balaban J connectivity index is 2.36. The van der Waals surface area contributed by atoms with E-state index in [2.05, 4.69) is 15.2 Å². The maximum Gasteiger partial charge on any atom is 0.306 e. The van der Waals surface area contributed by atoms with Crippen LogP contribution in [0.15, 0.2) is 29.1 Å². The van der Waals surface area contributed by atoms with E-state index < -0.39 is 26.2 Å². The van der Waals surface area contributed by atoms with E-state index in [1.54, 1.807) is 18.2 Å². The summed E-state index contributed by atoms with van der Waals surface area (Å²) in [5, 5.41) is 15.2. The van der Waals surface area contributed by atoms with Gasteiger partial charge in [0.2, 0.25) is 0 Å². The van der Waals surface area contributed by atoms with Crippen molar-refractivity contribution >= 4 is 49.0 Å². The number of hydrogen-bond acceptors (Lipinski definition) is 9. The first kappa shape index (κ1) is 25.2. The quantitative estimate of drug-likeness (QED) is 0.190. The second-order valence-corrected chi connectivity index (χ2v) is 9.67. The molecule has 2 N–H and O–H groups in total. The van der Waals surface area contributed by atoms with Gasteiger partial charge in [-0.05, 0) is 31.3 Å². The Morgan fingerprint density at radius 3 is 2.41 bits per heavy atom. The first-order chi connectivity index (χ1) is 16.0. The van der Waals surface area contributed by atoms with E-state index in [1.165, 1.54) is 0 Å². The summed E-state index contributed by atoms with van der Waals surface area (Å²) in [6.45, 7) is 6.63. The van der Waals surface area contributed by atoms with Gasteiger partial charge in [-0.1, -0.05) is 13.8 Å². The minimum Gasteiger partial charge on any atom is -0.380 e. The summed E-state index contributed by atoms with van der Waals surface area (Å²) in [4.78, 5) is 31.8. The molecular formula is C22H29N5O6S. The van der Waals surface area contributed by atoms with Crippen molar-refractivity contribution in [2.24, 2.45) is 0 Å². The summed E-state index contributed by atoms with van der Waals surface area (Å²) in [7, 11) is -0.361. The molecule has 0 amide bonds. The molecule has 0 saturated heterocycles. The van der Waals surface area contributed by atoms with Crippen LogP contribution in [0.2, 0.25) is 0 Å². The third-order valence-corrected chi connectivity index (χ3v) is 6.07. The molecule has 0 bridgehead atoms. The molecule has 11 nitrogen and oxygen atoms in total. The number of rotatable bonds is 10. The number of benzene rings is 2. The highest BCUT2D eigenvalue weighted by Crippen LogP contribution is 2.39. The summed E-state index contributed by atoms with van der Waals surface area (Å²) in [6, 6.07) is 6.19. The highest BCUT2D eigenvalue weighted by molar-refractivity contribution is 7.86. The van der Waals surface area contributed by atoms with E-state index in [0.717, 1.165) is 31.1 Å². The Morgan fingerprint density at radius 2 is 1.85 bits per heavy atom. The van der Waals surface area contributed by atoms with Gasteiger partial charge >= 0.3 is 10.1 Å².